The number of nitrogen functional groups attached to an aromatic ring is 1. The van der Waals surface area contributed by atoms with E-state index in [1.54, 1.807) is 7.11 Å². The number of nitrogens with two attached hydrogens (primary N) is 1. The van der Waals surface area contributed by atoms with Crippen molar-refractivity contribution in [2.24, 2.45) is 5.92 Å². The summed E-state index contributed by atoms with van der Waals surface area (Å²) < 4.78 is 5.44. The fraction of sp³-hybridized carbons (Fsp3) is 0.333. The van der Waals surface area contributed by atoms with Crippen molar-refractivity contribution in [3.05, 3.63) is 41.1 Å². The minimum Gasteiger partial charge on any atom is -0.496 e. The minimum atomic E-state index is 0.282. The molecular weight excluding hydrogens is 274 g/mol. The molecule has 0 saturated carbocycles. The summed E-state index contributed by atoms with van der Waals surface area (Å²) in [5.74, 6) is 1.47. The number of ether oxygens (including phenoxy) is 1. The third-order valence-electron chi connectivity index (χ3n) is 3.66. The van der Waals surface area contributed by atoms with Crippen molar-refractivity contribution in [3.63, 3.8) is 0 Å². The monoisotopic (exact) mass is 295 g/mol. The van der Waals surface area contributed by atoms with Gasteiger partial charge < -0.3 is 10.5 Å². The quantitative estimate of drug-likeness (QED) is 0.933. The van der Waals surface area contributed by atoms with Crippen molar-refractivity contribution in [1.82, 2.24) is 4.98 Å². The molecular formula is C18H21N3O. The lowest BCUT2D eigenvalue weighted by atomic mass is 9.92. The zero-order valence-corrected chi connectivity index (χ0v) is 13.5. The Bertz CT molecular complexity index is 730. The van der Waals surface area contributed by atoms with E-state index in [1.165, 1.54) is 0 Å². The lowest BCUT2D eigenvalue weighted by Gasteiger charge is -2.17. The van der Waals surface area contributed by atoms with E-state index < -0.39 is 0 Å². The molecule has 0 radical (unpaired) electrons. The van der Waals surface area contributed by atoms with Crippen LogP contribution in [0.15, 0.2) is 24.3 Å². The van der Waals surface area contributed by atoms with E-state index in [1.807, 2.05) is 31.2 Å². The molecule has 0 bridgehead atoms. The van der Waals surface area contributed by atoms with Gasteiger partial charge in [0.2, 0.25) is 0 Å². The Morgan fingerprint density at radius 2 is 2.00 bits per heavy atom. The number of nitriles is 1. The molecule has 0 atom stereocenters. The topological polar surface area (TPSA) is 71.9 Å². The number of benzene rings is 1. The first-order valence-electron chi connectivity index (χ1n) is 7.32. The molecule has 4 nitrogen and oxygen atoms in total. The first kappa shape index (κ1) is 15.8. The number of hydrogen-bond acceptors (Lipinski definition) is 4. The first-order valence-corrected chi connectivity index (χ1v) is 7.32. The summed E-state index contributed by atoms with van der Waals surface area (Å²) >= 11 is 0. The van der Waals surface area contributed by atoms with Crippen molar-refractivity contribution < 1.29 is 4.74 Å². The largest absolute Gasteiger partial charge is 0.496 e. The van der Waals surface area contributed by atoms with Crippen LogP contribution in [0.5, 0.6) is 5.75 Å². The van der Waals surface area contributed by atoms with Gasteiger partial charge in [-0.05, 0) is 30.9 Å². The second kappa shape index (κ2) is 6.48. The highest BCUT2D eigenvalue weighted by atomic mass is 16.5. The Hall–Kier alpha value is -2.54. The summed E-state index contributed by atoms with van der Waals surface area (Å²) in [5.41, 5.74) is 10.1. The molecule has 0 unspecified atom stereocenters. The fourth-order valence-electron chi connectivity index (χ4n) is 2.63. The van der Waals surface area contributed by atoms with Gasteiger partial charge in [0.15, 0.2) is 0 Å². The molecule has 4 heteroatoms. The van der Waals surface area contributed by atoms with Gasteiger partial charge in [0.05, 0.1) is 7.11 Å². The van der Waals surface area contributed by atoms with Crippen molar-refractivity contribution in [2.45, 2.75) is 27.2 Å². The third-order valence-corrected chi connectivity index (χ3v) is 3.66. The van der Waals surface area contributed by atoms with Gasteiger partial charge in [-0.1, -0.05) is 32.0 Å². The fourth-order valence-corrected chi connectivity index (χ4v) is 2.63. The van der Waals surface area contributed by atoms with E-state index in [-0.39, 0.29) is 5.82 Å². The number of rotatable bonds is 4. The van der Waals surface area contributed by atoms with E-state index >= 15 is 0 Å². The first-order chi connectivity index (χ1) is 10.5. The van der Waals surface area contributed by atoms with Crippen LogP contribution in [0.4, 0.5) is 5.82 Å². The lowest BCUT2D eigenvalue weighted by Crippen LogP contribution is -2.08. The van der Waals surface area contributed by atoms with Gasteiger partial charge in [-0.15, -0.1) is 0 Å². The van der Waals surface area contributed by atoms with Crippen LogP contribution in [0.1, 0.15) is 30.7 Å². The molecule has 0 amide bonds. The van der Waals surface area contributed by atoms with Crippen LogP contribution in [-0.2, 0) is 6.42 Å². The van der Waals surface area contributed by atoms with E-state index in [0.717, 1.165) is 34.6 Å². The number of hydrogen-bond donors (Lipinski definition) is 1. The van der Waals surface area contributed by atoms with Crippen LogP contribution in [0, 0.1) is 24.2 Å². The van der Waals surface area contributed by atoms with Crippen LogP contribution in [0.3, 0.4) is 0 Å². The maximum absolute atomic E-state index is 9.51. The van der Waals surface area contributed by atoms with Crippen LogP contribution in [0.25, 0.3) is 11.1 Å². The maximum atomic E-state index is 9.51. The molecule has 1 aromatic carbocycles. The Balaban J connectivity index is 2.78. The Morgan fingerprint density at radius 3 is 2.59 bits per heavy atom. The van der Waals surface area contributed by atoms with Crippen molar-refractivity contribution >= 4 is 5.82 Å². The lowest BCUT2D eigenvalue weighted by molar-refractivity contribution is 0.416. The average molecular weight is 295 g/mol. The van der Waals surface area contributed by atoms with E-state index in [2.05, 4.69) is 24.9 Å². The van der Waals surface area contributed by atoms with Crippen LogP contribution in [0.2, 0.25) is 0 Å². The van der Waals surface area contributed by atoms with Crippen LogP contribution in [-0.4, -0.2) is 12.1 Å². The van der Waals surface area contributed by atoms with E-state index in [0.29, 0.717) is 11.5 Å². The summed E-state index contributed by atoms with van der Waals surface area (Å²) in [5, 5.41) is 9.51. The highest BCUT2D eigenvalue weighted by Gasteiger charge is 2.19. The molecule has 2 rings (SSSR count). The predicted molar refractivity (Wildman–Crippen MR) is 88.6 cm³/mol. The molecule has 0 aliphatic rings. The van der Waals surface area contributed by atoms with Gasteiger partial charge in [0.1, 0.15) is 23.2 Å². The number of pyridine rings is 1. The van der Waals surface area contributed by atoms with Crippen molar-refractivity contribution in [3.8, 4) is 22.9 Å². The summed E-state index contributed by atoms with van der Waals surface area (Å²) in [6.45, 7) is 6.27. The molecule has 1 heterocycles. The van der Waals surface area contributed by atoms with Crippen molar-refractivity contribution in [2.75, 3.05) is 12.8 Å². The second-order valence-corrected chi connectivity index (χ2v) is 5.73. The minimum absolute atomic E-state index is 0.282. The van der Waals surface area contributed by atoms with Crippen LogP contribution >= 0.6 is 0 Å². The Labute approximate surface area is 131 Å². The van der Waals surface area contributed by atoms with Gasteiger partial charge in [-0.2, -0.15) is 5.26 Å². The Kier molecular flexibility index (Phi) is 4.67. The molecule has 1 aromatic heterocycles. The van der Waals surface area contributed by atoms with E-state index in [9.17, 15) is 5.26 Å². The molecule has 0 fully saturated rings. The number of nitrogens with zero attached hydrogens (tertiary/aromatic N) is 2. The molecule has 0 saturated heterocycles. The summed E-state index contributed by atoms with van der Waals surface area (Å²) in [6.07, 6.45) is 0.823. The number of para-hydroxylation sites is 1. The average Bonchev–Trinajstić information content (AvgIpc) is 2.49. The van der Waals surface area contributed by atoms with Gasteiger partial charge in [0.25, 0.3) is 0 Å². The molecule has 0 aliphatic carbocycles. The van der Waals surface area contributed by atoms with Gasteiger partial charge in [-0.25, -0.2) is 4.98 Å². The maximum Gasteiger partial charge on any atom is 0.142 e. The van der Waals surface area contributed by atoms with Gasteiger partial charge >= 0.3 is 0 Å². The summed E-state index contributed by atoms with van der Waals surface area (Å²) in [6, 6.07) is 9.85. The van der Waals surface area contributed by atoms with Crippen LogP contribution < -0.4 is 10.5 Å². The smallest absolute Gasteiger partial charge is 0.142 e. The highest BCUT2D eigenvalue weighted by Crippen LogP contribution is 2.37. The molecule has 0 spiro atoms. The molecule has 0 aliphatic heterocycles. The zero-order chi connectivity index (χ0) is 16.3. The van der Waals surface area contributed by atoms with Gasteiger partial charge in [-0.3, -0.25) is 0 Å². The summed E-state index contributed by atoms with van der Waals surface area (Å²) in [4.78, 5) is 4.44. The number of methoxy groups -OCH3 is 1. The van der Waals surface area contributed by atoms with E-state index in [4.69, 9.17) is 10.5 Å². The molecule has 114 valence electrons. The number of anilines is 1. The van der Waals surface area contributed by atoms with Crippen molar-refractivity contribution in [1.29, 1.82) is 5.26 Å². The summed E-state index contributed by atoms with van der Waals surface area (Å²) in [7, 11) is 1.62. The molecule has 22 heavy (non-hydrogen) atoms. The SMILES string of the molecule is COc1ccccc1-c1c(C)c(CC(C)C)nc(N)c1C#N. The highest BCUT2D eigenvalue weighted by molar-refractivity contribution is 5.82. The normalized spacial score (nSPS) is 10.5. The predicted octanol–water partition coefficient (Wildman–Crippen LogP) is 3.72. The van der Waals surface area contributed by atoms with Gasteiger partial charge in [0, 0.05) is 16.8 Å². The Morgan fingerprint density at radius 1 is 1.32 bits per heavy atom. The number of aromatic nitrogens is 1. The zero-order valence-electron chi connectivity index (χ0n) is 13.5. The third kappa shape index (κ3) is 2.89. The second-order valence-electron chi connectivity index (χ2n) is 5.73. The molecule has 2 N–H and O–H groups in total. The standard InChI is InChI=1S/C18H21N3O/c1-11(2)9-15-12(3)17(14(10-19)18(20)21-15)13-7-5-6-8-16(13)22-4/h5-8,11H,9H2,1-4H3,(H2,20,21). The molecule has 2 aromatic rings.